The molecule has 0 unspecified atom stereocenters. The molecule has 0 saturated heterocycles. The van der Waals surface area contributed by atoms with Crippen molar-refractivity contribution in [2.75, 3.05) is 10.6 Å². The van der Waals surface area contributed by atoms with E-state index in [1.165, 1.54) is 24.5 Å². The van der Waals surface area contributed by atoms with Crippen LogP contribution in [-0.4, -0.2) is 41.3 Å². The molecule has 0 bridgehead atoms. The number of halogens is 3. The van der Waals surface area contributed by atoms with Crippen molar-refractivity contribution in [3.8, 4) is 11.3 Å². The van der Waals surface area contributed by atoms with E-state index in [2.05, 4.69) is 46.0 Å². The van der Waals surface area contributed by atoms with Crippen molar-refractivity contribution in [1.82, 2.24) is 35.3 Å². The van der Waals surface area contributed by atoms with Crippen molar-refractivity contribution in [2.24, 2.45) is 0 Å². The molecule has 2 aromatic carbocycles. The van der Waals surface area contributed by atoms with Crippen molar-refractivity contribution in [3.63, 3.8) is 0 Å². The number of anilines is 3. The number of aromatic amines is 2. The summed E-state index contributed by atoms with van der Waals surface area (Å²) in [5.41, 5.74) is 1.46. The highest BCUT2D eigenvalue weighted by Gasteiger charge is 2.35. The molecule has 0 aliphatic rings. The summed E-state index contributed by atoms with van der Waals surface area (Å²) in [6, 6.07) is 13.1. The Balaban J connectivity index is 1.35. The topological polar surface area (TPSA) is 137 Å². The van der Waals surface area contributed by atoms with Crippen LogP contribution < -0.4 is 10.6 Å². The zero-order valence-corrected chi connectivity index (χ0v) is 19.2. The van der Waals surface area contributed by atoms with Gasteiger partial charge in [0.2, 0.25) is 5.95 Å². The smallest absolute Gasteiger partial charge is 0.351 e. The Morgan fingerprint density at radius 2 is 1.76 bits per heavy atom. The van der Waals surface area contributed by atoms with Gasteiger partial charge in [0.1, 0.15) is 11.3 Å². The molecule has 188 valence electrons. The Hall–Kier alpha value is -5.33. The molecule has 0 saturated carbocycles. The van der Waals surface area contributed by atoms with Crippen LogP contribution in [0.3, 0.4) is 0 Å². The molecule has 0 spiro atoms. The first kappa shape index (κ1) is 23.1. The van der Waals surface area contributed by atoms with Crippen LogP contribution in [0.15, 0.2) is 73.3 Å². The summed E-state index contributed by atoms with van der Waals surface area (Å²) in [6.07, 6.45) is 0.532. The number of rotatable bonds is 5. The number of alkyl halides is 3. The van der Waals surface area contributed by atoms with Gasteiger partial charge in [-0.2, -0.15) is 28.5 Å². The van der Waals surface area contributed by atoms with E-state index in [0.29, 0.717) is 22.3 Å². The lowest BCUT2D eigenvalue weighted by atomic mass is 10.1. The fraction of sp³-hybridized carbons (Fsp3) is 0.0400. The second kappa shape index (κ2) is 8.96. The number of benzene rings is 2. The number of H-pyrrole nitrogens is 2. The summed E-state index contributed by atoms with van der Waals surface area (Å²) in [5.74, 6) is -0.441. The molecule has 0 radical (unpaired) electrons. The quantitative estimate of drug-likeness (QED) is 0.244. The minimum atomic E-state index is -4.68. The molecule has 1 amide bonds. The van der Waals surface area contributed by atoms with Crippen molar-refractivity contribution >= 4 is 45.0 Å². The Morgan fingerprint density at radius 1 is 0.868 bits per heavy atom. The van der Waals surface area contributed by atoms with Gasteiger partial charge in [-0.05, 0) is 36.4 Å². The van der Waals surface area contributed by atoms with Gasteiger partial charge in [0.25, 0.3) is 5.91 Å². The van der Waals surface area contributed by atoms with E-state index in [-0.39, 0.29) is 22.9 Å². The Morgan fingerprint density at radius 3 is 2.58 bits per heavy atom. The summed E-state index contributed by atoms with van der Waals surface area (Å²) in [5, 5.41) is 21.2. The largest absolute Gasteiger partial charge is 0.419 e. The number of fused-ring (bicyclic) bond motifs is 2. The van der Waals surface area contributed by atoms with E-state index in [1.54, 1.807) is 42.6 Å². The van der Waals surface area contributed by atoms with Gasteiger partial charge >= 0.3 is 6.18 Å². The van der Waals surface area contributed by atoms with E-state index in [1.807, 2.05) is 0 Å². The number of amides is 1. The fourth-order valence-electron chi connectivity index (χ4n) is 3.98. The highest BCUT2D eigenvalue weighted by atomic mass is 19.4. The number of nitrogens with zero attached hydrogens (tertiary/aromatic N) is 5. The zero-order chi connectivity index (χ0) is 26.3. The lowest BCUT2D eigenvalue weighted by Gasteiger charge is -2.14. The molecular weight excluding hydrogens is 499 g/mol. The van der Waals surface area contributed by atoms with E-state index in [4.69, 9.17) is 0 Å². The minimum absolute atomic E-state index is 0.00606. The normalized spacial score (nSPS) is 11.7. The minimum Gasteiger partial charge on any atom is -0.351 e. The molecule has 4 aromatic heterocycles. The highest BCUT2D eigenvalue weighted by Crippen LogP contribution is 2.37. The third-order valence-corrected chi connectivity index (χ3v) is 5.77. The molecule has 0 aliphatic carbocycles. The molecule has 0 atom stereocenters. The summed E-state index contributed by atoms with van der Waals surface area (Å²) in [6.45, 7) is 0. The summed E-state index contributed by atoms with van der Waals surface area (Å²) >= 11 is 0. The lowest BCUT2D eigenvalue weighted by molar-refractivity contribution is -0.137. The fourth-order valence-corrected chi connectivity index (χ4v) is 3.98. The molecule has 0 aliphatic heterocycles. The second-order valence-electron chi connectivity index (χ2n) is 8.32. The molecule has 10 nitrogen and oxygen atoms in total. The zero-order valence-electron chi connectivity index (χ0n) is 19.2. The van der Waals surface area contributed by atoms with Gasteiger partial charge in [-0.1, -0.05) is 12.1 Å². The Kier molecular flexibility index (Phi) is 5.44. The molecule has 6 rings (SSSR count). The summed E-state index contributed by atoms with van der Waals surface area (Å²) < 4.78 is 41.6. The van der Waals surface area contributed by atoms with Crippen molar-refractivity contribution in [1.29, 1.82) is 0 Å². The van der Waals surface area contributed by atoms with Crippen LogP contribution in [0, 0.1) is 0 Å². The van der Waals surface area contributed by atoms with Crippen LogP contribution in [0.5, 0.6) is 0 Å². The van der Waals surface area contributed by atoms with Crippen LogP contribution in [0.1, 0.15) is 16.1 Å². The van der Waals surface area contributed by atoms with Gasteiger partial charge in [-0.3, -0.25) is 9.89 Å². The van der Waals surface area contributed by atoms with Crippen LogP contribution in [0.4, 0.5) is 30.5 Å². The van der Waals surface area contributed by atoms with E-state index in [0.717, 1.165) is 17.1 Å². The summed E-state index contributed by atoms with van der Waals surface area (Å²) in [7, 11) is 0. The predicted molar refractivity (Wildman–Crippen MR) is 134 cm³/mol. The standard InChI is InChI=1S/C25H16F3N9O/c26-25(27,28)18-12-29-24(34-16-3-4-19-15(7-16)10-32-37-19)36-22(18)14-2-1-13-8-21(35-20(13)9-14)23(38)33-17-5-6-30-31-11-17/h1-12,35H,(H,32,37)(H,29,34,36)(H,30,33,38). The molecule has 0 fully saturated rings. The van der Waals surface area contributed by atoms with E-state index < -0.39 is 17.6 Å². The van der Waals surface area contributed by atoms with Crippen molar-refractivity contribution in [2.45, 2.75) is 6.18 Å². The number of nitrogens with one attached hydrogen (secondary N) is 4. The number of carbonyl (C=O) groups is 1. The van der Waals surface area contributed by atoms with Crippen LogP contribution in [0.2, 0.25) is 0 Å². The van der Waals surface area contributed by atoms with Crippen LogP contribution >= 0.6 is 0 Å². The van der Waals surface area contributed by atoms with Crippen LogP contribution in [-0.2, 0) is 6.18 Å². The Bertz CT molecular complexity index is 1800. The van der Waals surface area contributed by atoms with Gasteiger partial charge in [-0.15, -0.1) is 0 Å². The van der Waals surface area contributed by atoms with Gasteiger partial charge in [0, 0.05) is 33.7 Å². The first-order chi connectivity index (χ1) is 18.3. The van der Waals surface area contributed by atoms with Gasteiger partial charge in [0.05, 0.1) is 35.5 Å². The van der Waals surface area contributed by atoms with Crippen LogP contribution in [0.25, 0.3) is 33.1 Å². The lowest BCUT2D eigenvalue weighted by Crippen LogP contribution is -2.12. The van der Waals surface area contributed by atoms with Crippen molar-refractivity contribution in [3.05, 3.63) is 84.6 Å². The number of carbonyl (C=O) groups excluding carboxylic acids is 1. The average molecular weight is 515 g/mol. The molecular formula is C25H16F3N9O. The third kappa shape index (κ3) is 4.48. The molecule has 38 heavy (non-hydrogen) atoms. The molecule has 6 aromatic rings. The predicted octanol–water partition coefficient (Wildman–Crippen LogP) is 5.31. The van der Waals surface area contributed by atoms with Crippen molar-refractivity contribution < 1.29 is 18.0 Å². The molecule has 13 heteroatoms. The molecule has 4 heterocycles. The van der Waals surface area contributed by atoms with Gasteiger partial charge < -0.3 is 15.6 Å². The first-order valence-electron chi connectivity index (χ1n) is 11.2. The van der Waals surface area contributed by atoms with E-state index >= 15 is 0 Å². The monoisotopic (exact) mass is 515 g/mol. The average Bonchev–Trinajstić information content (AvgIpc) is 3.55. The number of hydrogen-bond acceptors (Lipinski definition) is 7. The maximum absolute atomic E-state index is 13.9. The highest BCUT2D eigenvalue weighted by molar-refractivity contribution is 6.06. The summed E-state index contributed by atoms with van der Waals surface area (Å²) in [4.78, 5) is 23.7. The maximum atomic E-state index is 13.9. The first-order valence-corrected chi connectivity index (χ1v) is 11.2. The van der Waals surface area contributed by atoms with E-state index in [9.17, 15) is 18.0 Å². The maximum Gasteiger partial charge on any atom is 0.419 e. The number of aromatic nitrogens is 7. The SMILES string of the molecule is O=C(Nc1ccnnc1)c1cc2ccc(-c3nc(Nc4ccc5[nH]ncc5c4)ncc3C(F)(F)F)cc2[nH]1. The van der Waals surface area contributed by atoms with Gasteiger partial charge in [0.15, 0.2) is 0 Å². The Labute approximate surface area is 211 Å². The number of hydrogen-bond donors (Lipinski definition) is 4. The second-order valence-corrected chi connectivity index (χ2v) is 8.32. The third-order valence-electron chi connectivity index (χ3n) is 5.77. The molecule has 4 N–H and O–H groups in total. The van der Waals surface area contributed by atoms with Gasteiger partial charge in [-0.25, -0.2) is 9.97 Å².